The highest BCUT2D eigenvalue weighted by Crippen LogP contribution is 2.25. The highest BCUT2D eigenvalue weighted by Gasteiger charge is 2.11. The van der Waals surface area contributed by atoms with Crippen LogP contribution < -0.4 is 4.90 Å². The molecule has 2 nitrogen and oxygen atoms in total. The minimum absolute atomic E-state index is 0.135. The molecule has 2 aromatic rings. The normalized spacial score (nSPS) is 10.7. The molecule has 0 aliphatic carbocycles. The van der Waals surface area contributed by atoms with Gasteiger partial charge in [0.15, 0.2) is 0 Å². The predicted molar refractivity (Wildman–Crippen MR) is 80.5 cm³/mol. The van der Waals surface area contributed by atoms with Crippen LogP contribution in [-0.2, 0) is 13.2 Å². The van der Waals surface area contributed by atoms with Gasteiger partial charge in [-0.3, -0.25) is 0 Å². The lowest BCUT2D eigenvalue weighted by Crippen LogP contribution is -2.22. The van der Waals surface area contributed by atoms with Crippen molar-refractivity contribution in [2.24, 2.45) is 0 Å². The van der Waals surface area contributed by atoms with Gasteiger partial charge in [0.1, 0.15) is 11.6 Å². The summed E-state index contributed by atoms with van der Waals surface area (Å²) in [6.45, 7) is 2.65. The third-order valence-corrected chi connectivity index (χ3v) is 3.67. The summed E-state index contributed by atoms with van der Waals surface area (Å²) in [5.74, 6) is -0.899. The Labute approximate surface area is 127 Å². The van der Waals surface area contributed by atoms with Gasteiger partial charge in [0.2, 0.25) is 0 Å². The van der Waals surface area contributed by atoms with E-state index in [4.69, 9.17) is 16.7 Å². The van der Waals surface area contributed by atoms with E-state index in [9.17, 15) is 8.78 Å². The highest BCUT2D eigenvalue weighted by atomic mass is 35.5. The molecule has 112 valence electrons. The number of hydrogen-bond donors (Lipinski definition) is 1. The Bertz CT molecular complexity index is 634. The molecule has 0 heterocycles. The first-order valence-electron chi connectivity index (χ1n) is 6.63. The maximum Gasteiger partial charge on any atom is 0.128 e. The number of aliphatic hydroxyl groups is 1. The molecule has 0 bridgehead atoms. The van der Waals surface area contributed by atoms with Crippen molar-refractivity contribution in [2.45, 2.75) is 20.1 Å². The van der Waals surface area contributed by atoms with Crippen LogP contribution in [0.25, 0.3) is 0 Å². The number of hydrogen-bond acceptors (Lipinski definition) is 2. The monoisotopic (exact) mass is 311 g/mol. The van der Waals surface area contributed by atoms with E-state index in [0.29, 0.717) is 22.7 Å². The summed E-state index contributed by atoms with van der Waals surface area (Å²) < 4.78 is 27.0. The van der Waals surface area contributed by atoms with Crippen LogP contribution in [0.4, 0.5) is 14.5 Å². The zero-order valence-electron chi connectivity index (χ0n) is 11.6. The Morgan fingerprint density at radius 1 is 1.10 bits per heavy atom. The third kappa shape index (κ3) is 3.71. The zero-order chi connectivity index (χ0) is 15.4. The standard InChI is InChI=1S/C16H16ClF2NO/c1-2-20(9-12-7-13(18)4-6-16(12)19)14-5-3-11(10-21)15(17)8-14/h3-8,21H,2,9-10H2,1H3. The Balaban J connectivity index is 2.27. The van der Waals surface area contributed by atoms with Gasteiger partial charge >= 0.3 is 0 Å². The molecule has 0 spiro atoms. The van der Waals surface area contributed by atoms with Crippen molar-refractivity contribution in [3.8, 4) is 0 Å². The number of halogens is 3. The number of aliphatic hydroxyl groups excluding tert-OH is 1. The SMILES string of the molecule is CCN(Cc1cc(F)ccc1F)c1ccc(CO)c(Cl)c1. The van der Waals surface area contributed by atoms with Gasteiger partial charge < -0.3 is 10.0 Å². The van der Waals surface area contributed by atoms with E-state index < -0.39 is 11.6 Å². The first-order chi connectivity index (χ1) is 10.0. The van der Waals surface area contributed by atoms with E-state index in [-0.39, 0.29) is 13.2 Å². The van der Waals surface area contributed by atoms with E-state index >= 15 is 0 Å². The van der Waals surface area contributed by atoms with Gasteiger partial charge in [-0.05, 0) is 42.8 Å². The number of rotatable bonds is 5. The van der Waals surface area contributed by atoms with E-state index in [1.165, 1.54) is 6.07 Å². The van der Waals surface area contributed by atoms with Crippen LogP contribution in [0.1, 0.15) is 18.1 Å². The molecule has 0 fully saturated rings. The lowest BCUT2D eigenvalue weighted by molar-refractivity contribution is 0.282. The molecule has 0 amide bonds. The van der Waals surface area contributed by atoms with Crippen molar-refractivity contribution >= 4 is 17.3 Å². The number of anilines is 1. The summed E-state index contributed by atoms with van der Waals surface area (Å²) in [6.07, 6.45) is 0. The average molecular weight is 312 g/mol. The van der Waals surface area contributed by atoms with Gasteiger partial charge in [-0.25, -0.2) is 8.78 Å². The van der Waals surface area contributed by atoms with Gasteiger partial charge in [0.25, 0.3) is 0 Å². The number of nitrogens with zero attached hydrogens (tertiary/aromatic N) is 1. The molecule has 0 saturated carbocycles. The maximum atomic E-state index is 13.7. The molecule has 5 heteroatoms. The highest BCUT2D eigenvalue weighted by molar-refractivity contribution is 6.31. The lowest BCUT2D eigenvalue weighted by Gasteiger charge is -2.24. The van der Waals surface area contributed by atoms with Crippen molar-refractivity contribution < 1.29 is 13.9 Å². The van der Waals surface area contributed by atoms with Crippen molar-refractivity contribution in [1.82, 2.24) is 0 Å². The first kappa shape index (κ1) is 15.7. The molecule has 0 aliphatic heterocycles. The smallest absolute Gasteiger partial charge is 0.128 e. The lowest BCUT2D eigenvalue weighted by atomic mass is 10.1. The van der Waals surface area contributed by atoms with E-state index in [0.717, 1.165) is 17.8 Å². The topological polar surface area (TPSA) is 23.5 Å². The molecular weight excluding hydrogens is 296 g/mol. The minimum Gasteiger partial charge on any atom is -0.392 e. The Morgan fingerprint density at radius 3 is 2.48 bits per heavy atom. The van der Waals surface area contributed by atoms with E-state index in [1.54, 1.807) is 18.2 Å². The largest absolute Gasteiger partial charge is 0.392 e. The summed E-state index contributed by atoms with van der Waals surface area (Å²) in [4.78, 5) is 1.88. The summed E-state index contributed by atoms with van der Waals surface area (Å²) >= 11 is 6.07. The van der Waals surface area contributed by atoms with Gasteiger partial charge in [0, 0.05) is 29.4 Å². The van der Waals surface area contributed by atoms with Crippen molar-refractivity contribution in [1.29, 1.82) is 0 Å². The summed E-state index contributed by atoms with van der Waals surface area (Å²) in [7, 11) is 0. The van der Waals surface area contributed by atoms with Crippen LogP contribution in [0.2, 0.25) is 5.02 Å². The van der Waals surface area contributed by atoms with Crippen LogP contribution in [0.15, 0.2) is 36.4 Å². The first-order valence-corrected chi connectivity index (χ1v) is 7.01. The Kier molecular flexibility index (Phi) is 5.15. The van der Waals surface area contributed by atoms with Crippen molar-refractivity contribution in [3.63, 3.8) is 0 Å². The van der Waals surface area contributed by atoms with Crippen LogP contribution in [0, 0.1) is 11.6 Å². The molecule has 2 rings (SSSR count). The molecule has 21 heavy (non-hydrogen) atoms. The van der Waals surface area contributed by atoms with Crippen LogP contribution in [0.5, 0.6) is 0 Å². The predicted octanol–water partition coefficient (Wildman–Crippen LogP) is 4.14. The summed E-state index contributed by atoms with van der Waals surface area (Å²) in [5.41, 5.74) is 1.72. The fraction of sp³-hybridized carbons (Fsp3) is 0.250. The van der Waals surface area contributed by atoms with Crippen LogP contribution in [-0.4, -0.2) is 11.7 Å². The van der Waals surface area contributed by atoms with Gasteiger partial charge in [-0.15, -0.1) is 0 Å². The second-order valence-corrected chi connectivity index (χ2v) is 5.09. The van der Waals surface area contributed by atoms with Crippen molar-refractivity contribution in [2.75, 3.05) is 11.4 Å². The molecule has 0 saturated heterocycles. The summed E-state index contributed by atoms with van der Waals surface area (Å²) in [6, 6.07) is 8.66. The van der Waals surface area contributed by atoms with Crippen LogP contribution >= 0.6 is 11.6 Å². The molecular formula is C16H16ClF2NO. The third-order valence-electron chi connectivity index (χ3n) is 3.32. The fourth-order valence-corrected chi connectivity index (χ4v) is 2.35. The van der Waals surface area contributed by atoms with Gasteiger partial charge in [-0.2, -0.15) is 0 Å². The zero-order valence-corrected chi connectivity index (χ0v) is 12.4. The quantitative estimate of drug-likeness (QED) is 0.897. The Morgan fingerprint density at radius 2 is 1.86 bits per heavy atom. The van der Waals surface area contributed by atoms with Gasteiger partial charge in [0.05, 0.1) is 6.61 Å². The molecule has 2 aromatic carbocycles. The average Bonchev–Trinajstić information content (AvgIpc) is 2.48. The fourth-order valence-electron chi connectivity index (χ4n) is 2.12. The summed E-state index contributed by atoms with van der Waals surface area (Å²) in [5, 5.41) is 9.57. The van der Waals surface area contributed by atoms with Crippen molar-refractivity contribution in [3.05, 3.63) is 64.2 Å². The second-order valence-electron chi connectivity index (χ2n) is 4.68. The number of benzene rings is 2. The molecule has 0 atom stereocenters. The molecule has 0 radical (unpaired) electrons. The second kappa shape index (κ2) is 6.87. The molecule has 0 aliphatic rings. The molecule has 0 unspecified atom stereocenters. The van der Waals surface area contributed by atoms with E-state index in [1.807, 2.05) is 11.8 Å². The van der Waals surface area contributed by atoms with E-state index in [2.05, 4.69) is 0 Å². The molecule has 1 N–H and O–H groups in total. The Hall–Kier alpha value is -1.65. The molecule has 0 aromatic heterocycles. The minimum atomic E-state index is -0.462. The van der Waals surface area contributed by atoms with Gasteiger partial charge in [-0.1, -0.05) is 17.7 Å². The maximum absolute atomic E-state index is 13.7. The van der Waals surface area contributed by atoms with Crippen LogP contribution in [0.3, 0.4) is 0 Å².